The summed E-state index contributed by atoms with van der Waals surface area (Å²) in [6.07, 6.45) is 3.67. The first-order chi connectivity index (χ1) is 10.0. The summed E-state index contributed by atoms with van der Waals surface area (Å²) in [6, 6.07) is 2.92. The van der Waals surface area contributed by atoms with E-state index in [2.05, 4.69) is 10.2 Å². The number of hydrogen-bond donors (Lipinski definition) is 1. The molecule has 1 saturated heterocycles. The van der Waals surface area contributed by atoms with E-state index in [0.29, 0.717) is 12.5 Å². The van der Waals surface area contributed by atoms with Crippen molar-refractivity contribution < 1.29 is 9.31 Å². The molecule has 1 heterocycles. The Kier molecular flexibility index (Phi) is 3.99. The molecule has 1 aliphatic carbocycles. The van der Waals surface area contributed by atoms with Crippen LogP contribution in [-0.4, -0.2) is 35.5 Å². The Morgan fingerprint density at radius 3 is 2.86 bits per heavy atom. The second-order valence-corrected chi connectivity index (χ2v) is 6.21. The van der Waals surface area contributed by atoms with Gasteiger partial charge in [0.15, 0.2) is 0 Å². The molecule has 7 heteroatoms. The third kappa shape index (κ3) is 3.27. The summed E-state index contributed by atoms with van der Waals surface area (Å²) in [4.78, 5) is 12.9. The van der Waals surface area contributed by atoms with Crippen LogP contribution in [0.1, 0.15) is 19.3 Å². The molecule has 2 fully saturated rings. The smallest absolute Gasteiger partial charge is 0.295 e. The van der Waals surface area contributed by atoms with Crippen LogP contribution >= 0.6 is 11.6 Å². The maximum absolute atomic E-state index is 13.3. The minimum atomic E-state index is -0.769. The molecule has 0 radical (unpaired) electrons. The van der Waals surface area contributed by atoms with E-state index >= 15 is 0 Å². The Labute approximate surface area is 127 Å². The van der Waals surface area contributed by atoms with Crippen molar-refractivity contribution in [1.29, 1.82) is 0 Å². The number of benzene rings is 1. The average Bonchev–Trinajstić information content (AvgIpc) is 3.19. The Morgan fingerprint density at radius 1 is 1.43 bits per heavy atom. The molecule has 1 atom stereocenters. The SMILES string of the molecule is O=[N+]([O-])c1cc(F)c(Cl)cc1NCC1CCN(C2CC2)C1. The van der Waals surface area contributed by atoms with Gasteiger partial charge < -0.3 is 10.2 Å². The first kappa shape index (κ1) is 14.5. The van der Waals surface area contributed by atoms with E-state index in [1.165, 1.54) is 18.9 Å². The second kappa shape index (κ2) is 5.77. The van der Waals surface area contributed by atoms with Crippen LogP contribution in [0.25, 0.3) is 0 Å². The normalized spacial score (nSPS) is 22.5. The predicted molar refractivity (Wildman–Crippen MR) is 79.3 cm³/mol. The highest BCUT2D eigenvalue weighted by Crippen LogP contribution is 2.33. The molecular formula is C14H17ClFN3O2. The summed E-state index contributed by atoms with van der Waals surface area (Å²) >= 11 is 5.71. The minimum Gasteiger partial charge on any atom is -0.379 e. The van der Waals surface area contributed by atoms with E-state index in [1.54, 1.807) is 0 Å². The first-order valence-electron chi connectivity index (χ1n) is 7.16. The fourth-order valence-corrected chi connectivity index (χ4v) is 3.05. The van der Waals surface area contributed by atoms with Gasteiger partial charge in [0, 0.05) is 19.1 Å². The van der Waals surface area contributed by atoms with Crippen LogP contribution in [0.2, 0.25) is 5.02 Å². The third-order valence-corrected chi connectivity index (χ3v) is 4.49. The number of nitro benzene ring substituents is 1. The van der Waals surface area contributed by atoms with E-state index in [9.17, 15) is 14.5 Å². The second-order valence-electron chi connectivity index (χ2n) is 5.80. The van der Waals surface area contributed by atoms with Gasteiger partial charge in [0.25, 0.3) is 5.69 Å². The van der Waals surface area contributed by atoms with E-state index in [0.717, 1.165) is 31.6 Å². The van der Waals surface area contributed by atoms with Gasteiger partial charge in [-0.05, 0) is 37.8 Å². The van der Waals surface area contributed by atoms with Gasteiger partial charge in [0.1, 0.15) is 11.5 Å². The summed E-state index contributed by atoms with van der Waals surface area (Å²) in [7, 11) is 0. The number of nitro groups is 1. The molecule has 2 aliphatic rings. The molecule has 5 nitrogen and oxygen atoms in total. The van der Waals surface area contributed by atoms with Crippen LogP contribution in [0.3, 0.4) is 0 Å². The number of nitrogens with zero attached hydrogens (tertiary/aromatic N) is 2. The van der Waals surface area contributed by atoms with Crippen LogP contribution in [0.15, 0.2) is 12.1 Å². The Balaban J connectivity index is 1.64. The number of nitrogens with one attached hydrogen (secondary N) is 1. The lowest BCUT2D eigenvalue weighted by molar-refractivity contribution is -0.384. The van der Waals surface area contributed by atoms with Crippen LogP contribution in [0.5, 0.6) is 0 Å². The molecule has 0 aromatic heterocycles. The highest BCUT2D eigenvalue weighted by molar-refractivity contribution is 6.31. The molecular weight excluding hydrogens is 297 g/mol. The number of rotatable bonds is 5. The molecule has 3 rings (SSSR count). The van der Waals surface area contributed by atoms with Crippen LogP contribution < -0.4 is 5.32 Å². The Morgan fingerprint density at radius 2 is 2.19 bits per heavy atom. The third-order valence-electron chi connectivity index (χ3n) is 4.20. The van der Waals surface area contributed by atoms with Crippen molar-refractivity contribution >= 4 is 23.0 Å². The summed E-state index contributed by atoms with van der Waals surface area (Å²) in [6.45, 7) is 2.77. The zero-order valence-corrected chi connectivity index (χ0v) is 12.3. The summed E-state index contributed by atoms with van der Waals surface area (Å²) < 4.78 is 13.3. The van der Waals surface area contributed by atoms with Gasteiger partial charge in [-0.3, -0.25) is 10.1 Å². The first-order valence-corrected chi connectivity index (χ1v) is 7.53. The topological polar surface area (TPSA) is 58.4 Å². The van der Waals surface area contributed by atoms with Gasteiger partial charge in [0.05, 0.1) is 16.0 Å². The molecule has 1 N–H and O–H groups in total. The highest BCUT2D eigenvalue weighted by atomic mass is 35.5. The standard InChI is InChI=1S/C14H17ClFN3O2/c15-11-5-13(14(19(20)21)6-12(11)16)17-7-9-3-4-18(8-9)10-1-2-10/h5-6,9-10,17H,1-4,7-8H2. The Hall–Kier alpha value is -1.40. The predicted octanol–water partition coefficient (Wildman–Crippen LogP) is 3.28. The number of halogens is 2. The number of hydrogen-bond acceptors (Lipinski definition) is 4. The molecule has 1 aromatic rings. The van der Waals surface area contributed by atoms with E-state index in [4.69, 9.17) is 11.6 Å². The number of likely N-dealkylation sites (tertiary alicyclic amines) is 1. The Bertz CT molecular complexity index is 565. The quantitative estimate of drug-likeness (QED) is 0.669. The lowest BCUT2D eigenvalue weighted by atomic mass is 10.1. The summed E-state index contributed by atoms with van der Waals surface area (Å²) in [5.74, 6) is -0.302. The number of anilines is 1. The summed E-state index contributed by atoms with van der Waals surface area (Å²) in [5.41, 5.74) is 0.0187. The fraction of sp³-hybridized carbons (Fsp3) is 0.571. The van der Waals surface area contributed by atoms with E-state index in [1.807, 2.05) is 0 Å². The van der Waals surface area contributed by atoms with Crippen molar-refractivity contribution in [1.82, 2.24) is 4.90 Å². The van der Waals surface area contributed by atoms with Gasteiger partial charge >= 0.3 is 0 Å². The molecule has 114 valence electrons. The van der Waals surface area contributed by atoms with Gasteiger partial charge in [-0.25, -0.2) is 4.39 Å². The van der Waals surface area contributed by atoms with Gasteiger partial charge in [-0.1, -0.05) is 11.6 Å². The maximum Gasteiger partial charge on any atom is 0.295 e. The van der Waals surface area contributed by atoms with Gasteiger partial charge in [0.2, 0.25) is 0 Å². The lowest BCUT2D eigenvalue weighted by Gasteiger charge is -2.15. The lowest BCUT2D eigenvalue weighted by Crippen LogP contribution is -2.24. The fourth-order valence-electron chi connectivity index (χ4n) is 2.88. The molecule has 1 aliphatic heterocycles. The van der Waals surface area contributed by atoms with Crippen molar-refractivity contribution in [3.63, 3.8) is 0 Å². The molecule has 21 heavy (non-hydrogen) atoms. The summed E-state index contributed by atoms with van der Waals surface area (Å²) in [5, 5.41) is 13.9. The molecule has 0 bridgehead atoms. The van der Waals surface area contributed by atoms with Gasteiger partial charge in [-0.15, -0.1) is 0 Å². The van der Waals surface area contributed by atoms with Crippen molar-refractivity contribution in [2.24, 2.45) is 5.92 Å². The van der Waals surface area contributed by atoms with Crippen molar-refractivity contribution in [3.05, 3.63) is 33.1 Å². The maximum atomic E-state index is 13.3. The molecule has 0 amide bonds. The zero-order chi connectivity index (χ0) is 15.0. The molecule has 0 spiro atoms. The monoisotopic (exact) mass is 313 g/mol. The van der Waals surface area contributed by atoms with Crippen LogP contribution in [0.4, 0.5) is 15.8 Å². The van der Waals surface area contributed by atoms with Crippen LogP contribution in [-0.2, 0) is 0 Å². The minimum absolute atomic E-state index is 0.103. The van der Waals surface area contributed by atoms with E-state index in [-0.39, 0.29) is 16.4 Å². The molecule has 1 unspecified atom stereocenters. The van der Waals surface area contributed by atoms with Gasteiger partial charge in [-0.2, -0.15) is 0 Å². The largest absolute Gasteiger partial charge is 0.379 e. The molecule has 1 saturated carbocycles. The van der Waals surface area contributed by atoms with Crippen molar-refractivity contribution in [3.8, 4) is 0 Å². The van der Waals surface area contributed by atoms with E-state index < -0.39 is 10.7 Å². The van der Waals surface area contributed by atoms with Crippen molar-refractivity contribution in [2.75, 3.05) is 25.0 Å². The average molecular weight is 314 g/mol. The molecule has 1 aromatic carbocycles. The zero-order valence-electron chi connectivity index (χ0n) is 11.5. The highest BCUT2D eigenvalue weighted by Gasteiger charge is 2.34. The van der Waals surface area contributed by atoms with Crippen LogP contribution in [0, 0.1) is 21.8 Å². The van der Waals surface area contributed by atoms with Crippen molar-refractivity contribution in [2.45, 2.75) is 25.3 Å².